The van der Waals surface area contributed by atoms with Crippen LogP contribution >= 0.6 is 11.6 Å². The first-order chi connectivity index (χ1) is 15.9. The molecule has 2 N–H and O–H groups in total. The maximum atomic E-state index is 12.6. The van der Waals surface area contributed by atoms with Gasteiger partial charge in [0, 0.05) is 29.2 Å². The average molecular weight is 489 g/mol. The summed E-state index contributed by atoms with van der Waals surface area (Å²) in [4.78, 5) is 36.7. The predicted octanol–water partition coefficient (Wildman–Crippen LogP) is 5.15. The van der Waals surface area contributed by atoms with Gasteiger partial charge in [0.05, 0.1) is 0 Å². The summed E-state index contributed by atoms with van der Waals surface area (Å²) in [6.07, 6.45) is 0.940. The molecule has 2 aromatic carbocycles. The van der Waals surface area contributed by atoms with E-state index in [1.807, 2.05) is 0 Å². The fourth-order valence-corrected chi connectivity index (χ4v) is 3.08. The lowest BCUT2D eigenvalue weighted by atomic mass is 10.0. The van der Waals surface area contributed by atoms with Gasteiger partial charge in [-0.15, -0.1) is 0 Å². The lowest BCUT2D eigenvalue weighted by molar-refractivity contribution is -0.134. The topological polar surface area (TPSA) is 93.7 Å². The highest BCUT2D eigenvalue weighted by Crippen LogP contribution is 2.21. The van der Waals surface area contributed by atoms with Crippen LogP contribution in [0.5, 0.6) is 5.75 Å². The quantitative estimate of drug-likeness (QED) is 0.356. The van der Waals surface area contributed by atoms with E-state index in [0.29, 0.717) is 47.8 Å². The summed E-state index contributed by atoms with van der Waals surface area (Å²) in [5.74, 6) is 0.102. The van der Waals surface area contributed by atoms with E-state index < -0.39 is 17.3 Å². The van der Waals surface area contributed by atoms with Crippen molar-refractivity contribution in [3.8, 4) is 5.75 Å². The minimum atomic E-state index is -1.10. The number of ketones is 1. The Kier molecular flexibility index (Phi) is 9.50. The third-order valence-electron chi connectivity index (χ3n) is 4.70. The number of amides is 2. The minimum absolute atomic E-state index is 0.124. The maximum Gasteiger partial charge on any atom is 0.407 e. The average Bonchev–Trinajstić information content (AvgIpc) is 2.75. The third kappa shape index (κ3) is 9.06. The number of ether oxygens (including phenoxy) is 2. The molecule has 0 heterocycles. The van der Waals surface area contributed by atoms with Crippen molar-refractivity contribution in [3.05, 3.63) is 64.7 Å². The van der Waals surface area contributed by atoms with Crippen LogP contribution in [0.15, 0.2) is 48.5 Å². The molecule has 0 aromatic heterocycles. The molecule has 0 spiro atoms. The van der Waals surface area contributed by atoms with Gasteiger partial charge < -0.3 is 20.1 Å². The molecule has 0 aliphatic heterocycles. The van der Waals surface area contributed by atoms with Gasteiger partial charge in [-0.2, -0.15) is 0 Å². The molecule has 2 rings (SSSR count). The van der Waals surface area contributed by atoms with E-state index in [0.717, 1.165) is 0 Å². The number of unbranched alkanes of at least 4 members (excludes halogenated alkanes) is 1. The van der Waals surface area contributed by atoms with E-state index in [1.54, 1.807) is 83.1 Å². The van der Waals surface area contributed by atoms with Crippen molar-refractivity contribution in [3.63, 3.8) is 0 Å². The van der Waals surface area contributed by atoms with Crippen LogP contribution in [-0.2, 0) is 9.53 Å². The van der Waals surface area contributed by atoms with E-state index in [2.05, 4.69) is 10.6 Å². The van der Waals surface area contributed by atoms with Gasteiger partial charge in [0.2, 0.25) is 0 Å². The highest BCUT2D eigenvalue weighted by atomic mass is 35.5. The zero-order valence-corrected chi connectivity index (χ0v) is 21.1. The Morgan fingerprint density at radius 1 is 0.794 bits per heavy atom. The molecule has 8 heteroatoms. The van der Waals surface area contributed by atoms with Gasteiger partial charge in [0.25, 0.3) is 5.91 Å². The Hall–Kier alpha value is -3.06. The Bertz CT molecular complexity index is 980. The molecule has 7 nitrogen and oxygen atoms in total. The standard InChI is InChI=1S/C26H33ClN2O5/c1-25(2,3)34-24(32)29-17-7-6-16-28-23(31)26(4,5)33-21-14-10-19(11-15-21)22(30)18-8-12-20(27)13-9-18/h8-15H,6-7,16-17H2,1-5H3,(H,28,31)(H,29,32). The number of hydrogen-bond acceptors (Lipinski definition) is 5. The highest BCUT2D eigenvalue weighted by Gasteiger charge is 2.29. The molecule has 0 radical (unpaired) electrons. The minimum Gasteiger partial charge on any atom is -0.478 e. The maximum absolute atomic E-state index is 12.6. The van der Waals surface area contributed by atoms with Crippen LogP contribution in [0.25, 0.3) is 0 Å². The first-order valence-electron chi connectivity index (χ1n) is 11.2. The van der Waals surface area contributed by atoms with Crippen LogP contribution in [0, 0.1) is 0 Å². The van der Waals surface area contributed by atoms with Gasteiger partial charge in [0.15, 0.2) is 11.4 Å². The molecular weight excluding hydrogens is 456 g/mol. The molecule has 2 amide bonds. The molecule has 0 saturated heterocycles. The number of halogens is 1. The Morgan fingerprint density at radius 2 is 1.29 bits per heavy atom. The number of nitrogens with one attached hydrogen (secondary N) is 2. The van der Waals surface area contributed by atoms with Crippen molar-refractivity contribution in [2.75, 3.05) is 13.1 Å². The zero-order chi connectivity index (χ0) is 25.4. The third-order valence-corrected chi connectivity index (χ3v) is 4.95. The molecule has 0 bridgehead atoms. The van der Waals surface area contributed by atoms with Crippen molar-refractivity contribution in [1.29, 1.82) is 0 Å². The Balaban J connectivity index is 1.77. The summed E-state index contributed by atoms with van der Waals surface area (Å²) >= 11 is 5.87. The second-order valence-electron chi connectivity index (χ2n) is 9.36. The molecule has 0 atom stereocenters. The van der Waals surface area contributed by atoms with Crippen molar-refractivity contribution in [2.24, 2.45) is 0 Å². The summed E-state index contributed by atoms with van der Waals surface area (Å²) in [5, 5.41) is 6.11. The number of alkyl carbamates (subject to hydrolysis) is 1. The summed E-state index contributed by atoms with van der Waals surface area (Å²) in [6, 6.07) is 13.4. The normalized spacial score (nSPS) is 11.5. The van der Waals surface area contributed by atoms with Crippen molar-refractivity contribution < 1.29 is 23.9 Å². The van der Waals surface area contributed by atoms with E-state index in [-0.39, 0.29) is 11.7 Å². The van der Waals surface area contributed by atoms with Crippen LogP contribution in [0.3, 0.4) is 0 Å². The highest BCUT2D eigenvalue weighted by molar-refractivity contribution is 6.30. The van der Waals surface area contributed by atoms with E-state index >= 15 is 0 Å². The first-order valence-corrected chi connectivity index (χ1v) is 11.6. The summed E-state index contributed by atoms with van der Waals surface area (Å²) in [5.41, 5.74) is -0.580. The first kappa shape index (κ1) is 27.2. The van der Waals surface area contributed by atoms with Crippen LogP contribution in [0.4, 0.5) is 4.79 Å². The van der Waals surface area contributed by atoms with Crippen LogP contribution in [0.1, 0.15) is 63.4 Å². The lowest BCUT2D eigenvalue weighted by Gasteiger charge is -2.25. The fraction of sp³-hybridized carbons (Fsp3) is 0.423. The van der Waals surface area contributed by atoms with Crippen LogP contribution in [0.2, 0.25) is 5.02 Å². The molecule has 184 valence electrons. The van der Waals surface area contributed by atoms with Crippen LogP contribution < -0.4 is 15.4 Å². The van der Waals surface area contributed by atoms with Gasteiger partial charge in [-0.1, -0.05) is 11.6 Å². The second-order valence-corrected chi connectivity index (χ2v) is 9.80. The molecule has 0 aliphatic rings. The number of rotatable bonds is 10. The predicted molar refractivity (Wildman–Crippen MR) is 133 cm³/mol. The molecule has 0 fully saturated rings. The molecule has 0 saturated carbocycles. The smallest absolute Gasteiger partial charge is 0.407 e. The Morgan fingerprint density at radius 3 is 1.82 bits per heavy atom. The van der Waals surface area contributed by atoms with Gasteiger partial charge in [0.1, 0.15) is 11.4 Å². The van der Waals surface area contributed by atoms with Crippen LogP contribution in [-0.4, -0.2) is 42.1 Å². The molecule has 34 heavy (non-hydrogen) atoms. The monoisotopic (exact) mass is 488 g/mol. The van der Waals surface area contributed by atoms with Gasteiger partial charge in [-0.25, -0.2) is 4.79 Å². The molecule has 0 aliphatic carbocycles. The van der Waals surface area contributed by atoms with E-state index in [4.69, 9.17) is 21.1 Å². The van der Waals surface area contributed by atoms with E-state index in [1.165, 1.54) is 0 Å². The molecular formula is C26H33ClN2O5. The summed E-state index contributed by atoms with van der Waals surface area (Å²) in [7, 11) is 0. The fourth-order valence-electron chi connectivity index (χ4n) is 2.95. The second kappa shape index (κ2) is 11.9. The van der Waals surface area contributed by atoms with Gasteiger partial charge in [-0.3, -0.25) is 9.59 Å². The largest absolute Gasteiger partial charge is 0.478 e. The molecule has 2 aromatic rings. The van der Waals surface area contributed by atoms with Gasteiger partial charge >= 0.3 is 6.09 Å². The summed E-state index contributed by atoms with van der Waals surface area (Å²) < 4.78 is 11.0. The lowest BCUT2D eigenvalue weighted by Crippen LogP contribution is -2.46. The molecule has 0 unspecified atom stereocenters. The number of hydrogen-bond donors (Lipinski definition) is 2. The van der Waals surface area contributed by atoms with Crippen molar-refractivity contribution in [1.82, 2.24) is 10.6 Å². The zero-order valence-electron chi connectivity index (χ0n) is 20.4. The van der Waals surface area contributed by atoms with E-state index in [9.17, 15) is 14.4 Å². The Labute approximate surface area is 206 Å². The summed E-state index contributed by atoms with van der Waals surface area (Å²) in [6.45, 7) is 9.70. The van der Waals surface area contributed by atoms with Gasteiger partial charge in [-0.05, 0) is 96.0 Å². The number of benzene rings is 2. The van der Waals surface area contributed by atoms with Crippen molar-refractivity contribution >= 4 is 29.4 Å². The number of carbonyl (C=O) groups is 3. The SMILES string of the molecule is CC(C)(C)OC(=O)NCCCCNC(=O)C(C)(C)Oc1ccc(C(=O)c2ccc(Cl)cc2)cc1. The number of carbonyl (C=O) groups excluding carboxylic acids is 3. The van der Waals surface area contributed by atoms with Crippen molar-refractivity contribution in [2.45, 2.75) is 58.7 Å².